The summed E-state index contributed by atoms with van der Waals surface area (Å²) in [7, 11) is 0.773. The first-order chi connectivity index (χ1) is 7.03. The van der Waals surface area contributed by atoms with Crippen LogP contribution in [0.2, 0.25) is 0 Å². The predicted molar refractivity (Wildman–Crippen MR) is 64.4 cm³/mol. The van der Waals surface area contributed by atoms with Gasteiger partial charge in [0, 0.05) is 5.60 Å². The summed E-state index contributed by atoms with van der Waals surface area (Å²) in [6.45, 7) is 4.21. The van der Waals surface area contributed by atoms with Crippen LogP contribution in [0.15, 0.2) is 24.3 Å². The van der Waals surface area contributed by atoms with E-state index in [0.717, 1.165) is 35.3 Å². The van der Waals surface area contributed by atoms with E-state index in [4.69, 9.17) is 4.43 Å². The van der Waals surface area contributed by atoms with Crippen LogP contribution in [-0.4, -0.2) is 16.1 Å². The van der Waals surface area contributed by atoms with Crippen molar-refractivity contribution in [1.82, 2.24) is 0 Å². The van der Waals surface area contributed by atoms with Gasteiger partial charge in [-0.25, -0.2) is 4.39 Å². The third-order valence-electron chi connectivity index (χ3n) is 2.69. The molecular formula is C12H19FOSi. The number of hydrogen-bond acceptors (Lipinski definition) is 1. The highest BCUT2D eigenvalue weighted by atomic mass is 28.2. The SMILES string of the molecule is CC(C)(CCCc1cccc(F)c1)O[SiH3]. The van der Waals surface area contributed by atoms with Crippen LogP contribution < -0.4 is 0 Å². The maximum atomic E-state index is 12.9. The second-order valence-corrected chi connectivity index (χ2v) is 4.86. The van der Waals surface area contributed by atoms with Gasteiger partial charge in [-0.1, -0.05) is 12.1 Å². The highest BCUT2D eigenvalue weighted by molar-refractivity contribution is 5.98. The van der Waals surface area contributed by atoms with Gasteiger partial charge in [0.25, 0.3) is 0 Å². The van der Waals surface area contributed by atoms with E-state index in [-0.39, 0.29) is 11.4 Å². The van der Waals surface area contributed by atoms with Crippen molar-refractivity contribution in [3.8, 4) is 0 Å². The summed E-state index contributed by atoms with van der Waals surface area (Å²) in [6.07, 6.45) is 2.98. The molecule has 0 aliphatic carbocycles. The predicted octanol–water partition coefficient (Wildman–Crippen LogP) is 2.22. The molecule has 0 radical (unpaired) electrons. The quantitative estimate of drug-likeness (QED) is 0.700. The molecule has 0 bridgehead atoms. The van der Waals surface area contributed by atoms with Gasteiger partial charge < -0.3 is 4.43 Å². The lowest BCUT2D eigenvalue weighted by atomic mass is 9.99. The molecule has 0 heterocycles. The number of benzene rings is 1. The molecule has 15 heavy (non-hydrogen) atoms. The van der Waals surface area contributed by atoms with E-state index in [9.17, 15) is 4.39 Å². The normalized spacial score (nSPS) is 11.9. The Morgan fingerprint density at radius 1 is 1.40 bits per heavy atom. The Labute approximate surface area is 94.2 Å². The van der Waals surface area contributed by atoms with E-state index in [1.54, 1.807) is 12.1 Å². The first-order valence-electron chi connectivity index (χ1n) is 5.33. The van der Waals surface area contributed by atoms with Crippen LogP contribution in [0.4, 0.5) is 4.39 Å². The summed E-state index contributed by atoms with van der Waals surface area (Å²) in [6, 6.07) is 6.82. The molecule has 0 saturated carbocycles. The zero-order chi connectivity index (χ0) is 11.3. The molecule has 1 aromatic carbocycles. The molecule has 0 aromatic heterocycles. The van der Waals surface area contributed by atoms with Gasteiger partial charge in [0.05, 0.1) is 0 Å². The molecule has 0 fully saturated rings. The molecule has 1 rings (SSSR count). The second kappa shape index (κ2) is 5.42. The molecule has 1 nitrogen and oxygen atoms in total. The molecule has 0 aliphatic rings. The fourth-order valence-electron chi connectivity index (χ4n) is 1.51. The van der Waals surface area contributed by atoms with E-state index in [1.807, 2.05) is 6.07 Å². The summed E-state index contributed by atoms with van der Waals surface area (Å²) in [5, 5.41) is 0. The molecule has 0 atom stereocenters. The Balaban J connectivity index is 2.38. The number of rotatable bonds is 5. The lowest BCUT2D eigenvalue weighted by Gasteiger charge is -2.23. The van der Waals surface area contributed by atoms with Crippen LogP contribution in [-0.2, 0) is 10.8 Å². The van der Waals surface area contributed by atoms with Gasteiger partial charge in [0.1, 0.15) is 16.3 Å². The number of halogens is 1. The van der Waals surface area contributed by atoms with Crippen molar-refractivity contribution < 1.29 is 8.82 Å². The van der Waals surface area contributed by atoms with Gasteiger partial charge in [0.15, 0.2) is 0 Å². The van der Waals surface area contributed by atoms with Gasteiger partial charge in [-0.15, -0.1) is 0 Å². The van der Waals surface area contributed by atoms with Crippen molar-refractivity contribution in [2.75, 3.05) is 0 Å². The fraction of sp³-hybridized carbons (Fsp3) is 0.500. The molecule has 0 aliphatic heterocycles. The largest absolute Gasteiger partial charge is 0.423 e. The van der Waals surface area contributed by atoms with Gasteiger partial charge in [-0.2, -0.15) is 0 Å². The maximum absolute atomic E-state index is 12.9. The summed E-state index contributed by atoms with van der Waals surface area (Å²) in [5.41, 5.74) is 1.05. The van der Waals surface area contributed by atoms with Gasteiger partial charge in [-0.3, -0.25) is 0 Å². The minimum Gasteiger partial charge on any atom is -0.423 e. The highest BCUT2D eigenvalue weighted by Crippen LogP contribution is 2.17. The summed E-state index contributed by atoms with van der Waals surface area (Å²) >= 11 is 0. The minimum absolute atomic E-state index is 0.0143. The van der Waals surface area contributed by atoms with Crippen LogP contribution in [0, 0.1) is 5.82 Å². The number of aryl methyl sites for hydroxylation is 1. The Morgan fingerprint density at radius 2 is 2.13 bits per heavy atom. The standard InChI is InChI=1S/C12H19FOSi/c1-12(2,14-15)8-4-6-10-5-3-7-11(13)9-10/h3,5,7,9H,4,6,8H2,1-2,15H3. The second-order valence-electron chi connectivity index (χ2n) is 4.45. The molecule has 3 heteroatoms. The van der Waals surface area contributed by atoms with Crippen LogP contribution in [0.3, 0.4) is 0 Å². The minimum atomic E-state index is -0.147. The molecule has 1 aromatic rings. The smallest absolute Gasteiger partial charge is 0.146 e. The number of hydrogen-bond donors (Lipinski definition) is 0. The molecule has 0 spiro atoms. The monoisotopic (exact) mass is 226 g/mol. The third kappa shape index (κ3) is 4.58. The van der Waals surface area contributed by atoms with Crippen molar-refractivity contribution >= 4 is 10.5 Å². The van der Waals surface area contributed by atoms with Crippen LogP contribution in [0.1, 0.15) is 32.3 Å². The first-order valence-corrected chi connectivity index (χ1v) is 6.15. The van der Waals surface area contributed by atoms with Crippen molar-refractivity contribution in [2.45, 2.75) is 38.7 Å². The van der Waals surface area contributed by atoms with E-state index < -0.39 is 0 Å². The zero-order valence-electron chi connectivity index (χ0n) is 9.72. The van der Waals surface area contributed by atoms with E-state index >= 15 is 0 Å². The third-order valence-corrected chi connectivity index (χ3v) is 3.79. The molecule has 0 saturated heterocycles. The maximum Gasteiger partial charge on any atom is 0.146 e. The van der Waals surface area contributed by atoms with Gasteiger partial charge in [-0.05, 0) is 50.8 Å². The van der Waals surface area contributed by atoms with Crippen LogP contribution in [0.25, 0.3) is 0 Å². The van der Waals surface area contributed by atoms with E-state index in [2.05, 4.69) is 13.8 Å². The van der Waals surface area contributed by atoms with E-state index in [0.29, 0.717) is 0 Å². The average Bonchev–Trinajstić information content (AvgIpc) is 2.18. The molecule has 0 amide bonds. The Bertz CT molecular complexity index is 312. The molecule has 0 N–H and O–H groups in total. The van der Waals surface area contributed by atoms with Gasteiger partial charge in [0.2, 0.25) is 0 Å². The molecule has 0 unspecified atom stereocenters. The van der Waals surface area contributed by atoms with Crippen molar-refractivity contribution in [1.29, 1.82) is 0 Å². The van der Waals surface area contributed by atoms with Crippen molar-refractivity contribution in [3.63, 3.8) is 0 Å². The Hall–Kier alpha value is -0.673. The van der Waals surface area contributed by atoms with Crippen LogP contribution >= 0.6 is 0 Å². The first kappa shape index (κ1) is 12.4. The van der Waals surface area contributed by atoms with Gasteiger partial charge >= 0.3 is 0 Å². The average molecular weight is 226 g/mol. The van der Waals surface area contributed by atoms with E-state index in [1.165, 1.54) is 6.07 Å². The van der Waals surface area contributed by atoms with Crippen molar-refractivity contribution in [2.24, 2.45) is 0 Å². The van der Waals surface area contributed by atoms with Crippen molar-refractivity contribution in [3.05, 3.63) is 35.6 Å². The lowest BCUT2D eigenvalue weighted by molar-refractivity contribution is 0.110. The summed E-state index contributed by atoms with van der Waals surface area (Å²) in [5.74, 6) is -0.147. The van der Waals surface area contributed by atoms with Crippen LogP contribution in [0.5, 0.6) is 0 Å². The Morgan fingerprint density at radius 3 is 2.73 bits per heavy atom. The Kier molecular flexibility index (Phi) is 4.48. The lowest BCUT2D eigenvalue weighted by Crippen LogP contribution is -2.22. The summed E-state index contributed by atoms with van der Waals surface area (Å²) < 4.78 is 18.3. The molecule has 84 valence electrons. The highest BCUT2D eigenvalue weighted by Gasteiger charge is 2.14. The summed E-state index contributed by atoms with van der Waals surface area (Å²) in [4.78, 5) is 0. The zero-order valence-corrected chi connectivity index (χ0v) is 11.7. The topological polar surface area (TPSA) is 9.23 Å². The fourth-order valence-corrected chi connectivity index (χ4v) is 1.72. The molecular weight excluding hydrogens is 207 g/mol.